The van der Waals surface area contributed by atoms with Gasteiger partial charge in [0.1, 0.15) is 11.8 Å². The van der Waals surface area contributed by atoms with Gasteiger partial charge in [0.25, 0.3) is 0 Å². The summed E-state index contributed by atoms with van der Waals surface area (Å²) in [4.78, 5) is 10.2. The number of carboxylic acid groups (broad SMARTS) is 1. The van der Waals surface area contributed by atoms with Crippen molar-refractivity contribution < 1.29 is 9.90 Å². The van der Waals surface area contributed by atoms with E-state index in [0.29, 0.717) is 0 Å². The number of hydrogen-bond donors (Lipinski definition) is 2. The number of nitriles is 1. The molecule has 69 valence electrons. The van der Waals surface area contributed by atoms with Gasteiger partial charge in [-0.25, -0.2) is 4.79 Å². The molecule has 4 nitrogen and oxygen atoms in total. The molecule has 1 amide bonds. The molecule has 0 aliphatic carbocycles. The number of nitrogens with one attached hydrogen (secondary N) is 1. The molecule has 1 aromatic carbocycles. The van der Waals surface area contributed by atoms with E-state index in [1.807, 2.05) is 5.32 Å². The Labute approximate surface area is 81.1 Å². The predicted octanol–water partition coefficient (Wildman–Crippen LogP) is 1.62. The monoisotopic (exact) mass is 187 g/mol. The number of amides is 1. The molecule has 1 radical (unpaired) electrons. The molecule has 0 aliphatic heterocycles. The van der Waals surface area contributed by atoms with E-state index in [0.717, 1.165) is 5.56 Å². The van der Waals surface area contributed by atoms with E-state index in [1.54, 1.807) is 30.3 Å². The summed E-state index contributed by atoms with van der Waals surface area (Å²) in [6.45, 7) is 0. The van der Waals surface area contributed by atoms with Crippen LogP contribution < -0.4 is 5.32 Å². The van der Waals surface area contributed by atoms with Crippen LogP contribution in [0.3, 0.4) is 0 Å². The number of benzene rings is 1. The molecule has 0 atom stereocenters. The molecular formula is C10H7N2O2. The van der Waals surface area contributed by atoms with Crippen LogP contribution in [0.25, 0.3) is 6.08 Å². The van der Waals surface area contributed by atoms with Crippen LogP contribution in [-0.4, -0.2) is 11.2 Å². The highest BCUT2D eigenvalue weighted by atomic mass is 16.4. The molecule has 0 saturated heterocycles. The molecule has 0 heterocycles. The van der Waals surface area contributed by atoms with Crippen molar-refractivity contribution in [2.75, 3.05) is 0 Å². The van der Waals surface area contributed by atoms with Gasteiger partial charge in [0.15, 0.2) is 0 Å². The number of hydrogen-bond acceptors (Lipinski definition) is 2. The van der Waals surface area contributed by atoms with E-state index < -0.39 is 6.09 Å². The molecule has 0 unspecified atom stereocenters. The minimum Gasteiger partial charge on any atom is -0.465 e. The van der Waals surface area contributed by atoms with Crippen LogP contribution >= 0.6 is 0 Å². The van der Waals surface area contributed by atoms with Crippen LogP contribution in [0.5, 0.6) is 0 Å². The predicted molar refractivity (Wildman–Crippen MR) is 50.0 cm³/mol. The number of allylic oxidation sites excluding steroid dienone is 1. The maximum Gasteiger partial charge on any atom is 0.409 e. The summed E-state index contributed by atoms with van der Waals surface area (Å²) in [5.74, 6) is 0. The van der Waals surface area contributed by atoms with Gasteiger partial charge in [0, 0.05) is 0 Å². The summed E-state index contributed by atoms with van der Waals surface area (Å²) in [6, 6.07) is 11.4. The number of carbonyl (C=O) groups is 1. The smallest absolute Gasteiger partial charge is 0.409 e. The first-order valence-electron chi connectivity index (χ1n) is 3.80. The Morgan fingerprint density at radius 1 is 1.57 bits per heavy atom. The summed E-state index contributed by atoms with van der Waals surface area (Å²) >= 11 is 0. The Morgan fingerprint density at radius 3 is 2.71 bits per heavy atom. The maximum absolute atomic E-state index is 10.2. The molecule has 14 heavy (non-hydrogen) atoms. The van der Waals surface area contributed by atoms with E-state index in [-0.39, 0.29) is 5.70 Å². The third-order valence-corrected chi connectivity index (χ3v) is 1.42. The average Bonchev–Trinajstić information content (AvgIpc) is 2.17. The summed E-state index contributed by atoms with van der Waals surface area (Å²) in [6.07, 6.45) is 0.197. The second-order valence-electron chi connectivity index (χ2n) is 2.43. The second kappa shape index (κ2) is 4.67. The largest absolute Gasteiger partial charge is 0.465 e. The van der Waals surface area contributed by atoms with Crippen molar-refractivity contribution in [3.63, 3.8) is 0 Å². The Bertz CT molecular complexity index is 390. The topological polar surface area (TPSA) is 73.1 Å². The zero-order chi connectivity index (χ0) is 10.4. The minimum atomic E-state index is -1.25. The summed E-state index contributed by atoms with van der Waals surface area (Å²) in [5.41, 5.74) is 0.734. The molecule has 0 bridgehead atoms. The van der Waals surface area contributed by atoms with Crippen LogP contribution in [0.4, 0.5) is 4.79 Å². The molecule has 0 fully saturated rings. The fourth-order valence-electron chi connectivity index (χ4n) is 0.874. The normalized spacial score (nSPS) is 10.4. The van der Waals surface area contributed by atoms with Gasteiger partial charge in [0.05, 0.1) is 0 Å². The first-order valence-corrected chi connectivity index (χ1v) is 3.80. The van der Waals surface area contributed by atoms with Crippen LogP contribution in [-0.2, 0) is 0 Å². The first-order chi connectivity index (χ1) is 6.72. The lowest BCUT2D eigenvalue weighted by Crippen LogP contribution is -2.18. The van der Waals surface area contributed by atoms with E-state index in [9.17, 15) is 4.79 Å². The van der Waals surface area contributed by atoms with Crippen LogP contribution in [0, 0.1) is 17.4 Å². The van der Waals surface area contributed by atoms with Crippen LogP contribution in [0.1, 0.15) is 5.56 Å². The summed E-state index contributed by atoms with van der Waals surface area (Å²) in [7, 11) is 0. The van der Waals surface area contributed by atoms with E-state index in [2.05, 4.69) is 6.07 Å². The molecule has 1 aromatic rings. The zero-order valence-corrected chi connectivity index (χ0v) is 7.19. The molecule has 0 spiro atoms. The summed E-state index contributed by atoms with van der Waals surface area (Å²) in [5, 5.41) is 19.0. The van der Waals surface area contributed by atoms with Gasteiger partial charge in [-0.15, -0.1) is 0 Å². The maximum atomic E-state index is 10.2. The van der Waals surface area contributed by atoms with Crippen LogP contribution in [0.2, 0.25) is 0 Å². The van der Waals surface area contributed by atoms with E-state index >= 15 is 0 Å². The Balaban J connectivity index is 2.86. The van der Waals surface area contributed by atoms with Crippen molar-refractivity contribution in [3.05, 3.63) is 41.6 Å². The van der Waals surface area contributed by atoms with Gasteiger partial charge in [-0.3, -0.25) is 5.32 Å². The Kier molecular flexibility index (Phi) is 3.27. The fraction of sp³-hybridized carbons (Fsp3) is 0. The van der Waals surface area contributed by atoms with Crippen molar-refractivity contribution in [1.29, 1.82) is 5.26 Å². The lowest BCUT2D eigenvalue weighted by molar-refractivity contribution is 0.198. The van der Waals surface area contributed by atoms with Crippen molar-refractivity contribution in [2.45, 2.75) is 0 Å². The van der Waals surface area contributed by atoms with Gasteiger partial charge >= 0.3 is 6.09 Å². The van der Waals surface area contributed by atoms with E-state index in [4.69, 9.17) is 10.4 Å². The standard InChI is InChI=1S/C10H7N2O2/c11-7-9(12-10(13)14)6-8-4-2-1-3-5-8/h2-6,12H,(H,13,14). The van der Waals surface area contributed by atoms with Gasteiger partial charge < -0.3 is 5.11 Å². The quantitative estimate of drug-likeness (QED) is 0.691. The molecule has 0 aliphatic rings. The molecule has 0 aromatic heterocycles. The third kappa shape index (κ3) is 2.99. The SMILES string of the molecule is N#CC(=Cc1cc[c]cc1)NC(=O)O. The van der Waals surface area contributed by atoms with Gasteiger partial charge in [0.2, 0.25) is 0 Å². The lowest BCUT2D eigenvalue weighted by Gasteiger charge is -1.97. The van der Waals surface area contributed by atoms with Gasteiger partial charge in [-0.2, -0.15) is 5.26 Å². The number of nitrogens with zero attached hydrogens (tertiary/aromatic N) is 1. The number of rotatable bonds is 2. The second-order valence-corrected chi connectivity index (χ2v) is 2.43. The lowest BCUT2D eigenvalue weighted by atomic mass is 10.2. The van der Waals surface area contributed by atoms with Crippen molar-refractivity contribution in [3.8, 4) is 6.07 Å². The highest BCUT2D eigenvalue weighted by molar-refractivity contribution is 5.71. The molecule has 4 heteroatoms. The molecular weight excluding hydrogens is 180 g/mol. The zero-order valence-electron chi connectivity index (χ0n) is 7.19. The molecule has 2 N–H and O–H groups in total. The molecule has 1 rings (SSSR count). The highest BCUT2D eigenvalue weighted by Gasteiger charge is 1.99. The van der Waals surface area contributed by atoms with E-state index in [1.165, 1.54) is 6.08 Å². The minimum absolute atomic E-state index is 0.0105. The van der Waals surface area contributed by atoms with Crippen molar-refractivity contribution >= 4 is 12.2 Å². The third-order valence-electron chi connectivity index (χ3n) is 1.42. The highest BCUT2D eigenvalue weighted by Crippen LogP contribution is 2.03. The first kappa shape index (κ1) is 9.81. The van der Waals surface area contributed by atoms with Gasteiger partial charge in [-0.05, 0) is 17.7 Å². The Hall–Kier alpha value is -2.28. The molecule has 0 saturated carbocycles. The fourth-order valence-corrected chi connectivity index (χ4v) is 0.874. The van der Waals surface area contributed by atoms with Gasteiger partial charge in [-0.1, -0.05) is 24.3 Å². The van der Waals surface area contributed by atoms with Crippen molar-refractivity contribution in [2.24, 2.45) is 0 Å². The van der Waals surface area contributed by atoms with Crippen LogP contribution in [0.15, 0.2) is 30.0 Å². The van der Waals surface area contributed by atoms with Crippen molar-refractivity contribution in [1.82, 2.24) is 5.32 Å². The summed E-state index contributed by atoms with van der Waals surface area (Å²) < 4.78 is 0. The Morgan fingerprint density at radius 2 is 2.21 bits per heavy atom. The average molecular weight is 187 g/mol.